The number of nitrogens with one attached hydrogen (secondary N) is 2. The molecule has 2 aliphatic heterocycles. The van der Waals surface area contributed by atoms with Crippen LogP contribution in [-0.2, 0) is 23.1 Å². The average Bonchev–Trinajstić information content (AvgIpc) is 3.45. The lowest BCUT2D eigenvalue weighted by molar-refractivity contribution is 0.0513. The maximum Gasteiger partial charge on any atom is 0.231 e. The predicted molar refractivity (Wildman–Crippen MR) is 134 cm³/mol. The third-order valence-corrected chi connectivity index (χ3v) is 6.82. The van der Waals surface area contributed by atoms with E-state index >= 15 is 0 Å². The minimum absolute atomic E-state index is 0. The van der Waals surface area contributed by atoms with E-state index < -0.39 is 0 Å². The molecule has 9 heteroatoms. The fourth-order valence-corrected chi connectivity index (χ4v) is 4.67. The van der Waals surface area contributed by atoms with Gasteiger partial charge in [-0.15, -0.1) is 35.3 Å². The Balaban J connectivity index is 0.00000272. The summed E-state index contributed by atoms with van der Waals surface area (Å²) in [6, 6.07) is 6.30. The van der Waals surface area contributed by atoms with E-state index in [1.807, 2.05) is 12.3 Å². The van der Waals surface area contributed by atoms with Gasteiger partial charge in [0.15, 0.2) is 17.5 Å². The number of aromatic nitrogens is 1. The number of hydrogen-bond acceptors (Lipinski definition) is 6. The minimum Gasteiger partial charge on any atom is -0.454 e. The molecule has 170 valence electrons. The average molecular weight is 558 g/mol. The Bertz CT molecular complexity index is 883. The first-order valence-corrected chi connectivity index (χ1v) is 11.5. The second-order valence-electron chi connectivity index (χ2n) is 7.58. The number of aryl methyl sites for hydroxylation is 1. The summed E-state index contributed by atoms with van der Waals surface area (Å²) in [5.74, 6) is 2.46. The monoisotopic (exact) mass is 558 g/mol. The van der Waals surface area contributed by atoms with Gasteiger partial charge in [-0.2, -0.15) is 0 Å². The van der Waals surface area contributed by atoms with Gasteiger partial charge in [0.1, 0.15) is 5.01 Å². The third-order valence-electron chi connectivity index (χ3n) is 5.70. The second kappa shape index (κ2) is 11.3. The van der Waals surface area contributed by atoms with Gasteiger partial charge in [0, 0.05) is 42.8 Å². The first-order chi connectivity index (χ1) is 14.7. The van der Waals surface area contributed by atoms with Gasteiger partial charge in [-0.1, -0.05) is 13.0 Å². The number of hydrogen-bond donors (Lipinski definition) is 2. The van der Waals surface area contributed by atoms with Gasteiger partial charge in [-0.3, -0.25) is 0 Å². The van der Waals surface area contributed by atoms with E-state index in [0.29, 0.717) is 13.3 Å². The van der Waals surface area contributed by atoms with Gasteiger partial charge < -0.3 is 24.8 Å². The number of halogens is 1. The molecule has 0 radical (unpaired) electrons. The second-order valence-corrected chi connectivity index (χ2v) is 8.78. The number of ether oxygens (including phenoxy) is 3. The molecule has 0 spiro atoms. The summed E-state index contributed by atoms with van der Waals surface area (Å²) < 4.78 is 16.8. The standard InChI is InChI=1S/C22H30N4O3S.HI/c1-3-17-12-24-20(30-17)13-25-21(23-4-2)26-14-22(7-9-27-10-8-22)16-5-6-18-19(11-16)29-15-28-18;/h5-6,11-12H,3-4,7-10,13-15H2,1-2H3,(H2,23,25,26);1H. The van der Waals surface area contributed by atoms with E-state index in [4.69, 9.17) is 19.2 Å². The highest BCUT2D eigenvalue weighted by atomic mass is 127. The van der Waals surface area contributed by atoms with Gasteiger partial charge in [0.25, 0.3) is 0 Å². The van der Waals surface area contributed by atoms with Gasteiger partial charge in [-0.05, 0) is 43.9 Å². The summed E-state index contributed by atoms with van der Waals surface area (Å²) in [6.07, 6.45) is 4.86. The minimum atomic E-state index is -0.0357. The van der Waals surface area contributed by atoms with Crippen LogP contribution in [-0.4, -0.2) is 44.0 Å². The summed E-state index contributed by atoms with van der Waals surface area (Å²) in [4.78, 5) is 10.5. The van der Waals surface area contributed by atoms with Crippen LogP contribution in [0.4, 0.5) is 0 Å². The molecule has 1 aromatic heterocycles. The van der Waals surface area contributed by atoms with Crippen molar-refractivity contribution in [3.05, 3.63) is 39.8 Å². The van der Waals surface area contributed by atoms with E-state index in [2.05, 4.69) is 41.6 Å². The number of benzene rings is 1. The highest BCUT2D eigenvalue weighted by molar-refractivity contribution is 14.0. The molecule has 0 amide bonds. The molecule has 3 heterocycles. The molecule has 0 atom stereocenters. The van der Waals surface area contributed by atoms with Gasteiger partial charge in [0.05, 0.1) is 6.54 Å². The number of guanidine groups is 1. The van der Waals surface area contributed by atoms with Crippen LogP contribution in [0.2, 0.25) is 0 Å². The Hall–Kier alpha value is -1.59. The third kappa shape index (κ3) is 5.81. The van der Waals surface area contributed by atoms with Crippen molar-refractivity contribution in [1.82, 2.24) is 15.6 Å². The van der Waals surface area contributed by atoms with Crippen molar-refractivity contribution in [2.75, 3.05) is 33.1 Å². The van der Waals surface area contributed by atoms with Crippen LogP contribution in [0.5, 0.6) is 11.5 Å². The Morgan fingerprint density at radius 3 is 2.71 bits per heavy atom. The van der Waals surface area contributed by atoms with Crippen LogP contribution in [0.15, 0.2) is 29.4 Å². The summed E-state index contributed by atoms with van der Waals surface area (Å²) >= 11 is 1.73. The van der Waals surface area contributed by atoms with Crippen molar-refractivity contribution in [3.63, 3.8) is 0 Å². The first kappa shape index (κ1) is 24.1. The van der Waals surface area contributed by atoms with Crippen molar-refractivity contribution < 1.29 is 14.2 Å². The fourth-order valence-electron chi connectivity index (χ4n) is 3.88. The molecule has 31 heavy (non-hydrogen) atoms. The molecular weight excluding hydrogens is 527 g/mol. The summed E-state index contributed by atoms with van der Waals surface area (Å²) in [5, 5.41) is 7.98. The SMILES string of the molecule is CCNC(=NCc1ncc(CC)s1)NCC1(c2ccc3c(c2)OCO3)CCOCC1.I. The Kier molecular flexibility index (Phi) is 8.79. The summed E-state index contributed by atoms with van der Waals surface area (Å²) in [6.45, 7) is 8.20. The molecule has 4 rings (SSSR count). The number of aliphatic imine (C=N–C) groups is 1. The maximum absolute atomic E-state index is 5.67. The van der Waals surface area contributed by atoms with E-state index in [1.54, 1.807) is 11.3 Å². The zero-order valence-electron chi connectivity index (χ0n) is 18.1. The van der Waals surface area contributed by atoms with Crippen LogP contribution >= 0.6 is 35.3 Å². The van der Waals surface area contributed by atoms with Crippen molar-refractivity contribution >= 4 is 41.3 Å². The lowest BCUT2D eigenvalue weighted by Crippen LogP contribution is -2.48. The van der Waals surface area contributed by atoms with Crippen LogP contribution in [0, 0.1) is 0 Å². The normalized spacial score (nSPS) is 17.2. The zero-order valence-corrected chi connectivity index (χ0v) is 21.3. The molecule has 0 aliphatic carbocycles. The molecule has 2 aromatic rings. The number of nitrogens with zero attached hydrogens (tertiary/aromatic N) is 2. The molecule has 0 saturated carbocycles. The number of rotatable bonds is 7. The largest absolute Gasteiger partial charge is 0.454 e. The molecule has 7 nitrogen and oxygen atoms in total. The first-order valence-electron chi connectivity index (χ1n) is 10.7. The Morgan fingerprint density at radius 1 is 1.16 bits per heavy atom. The summed E-state index contributed by atoms with van der Waals surface area (Å²) in [7, 11) is 0. The van der Waals surface area contributed by atoms with Crippen LogP contribution in [0.3, 0.4) is 0 Å². The summed E-state index contributed by atoms with van der Waals surface area (Å²) in [5.41, 5.74) is 1.22. The van der Waals surface area contributed by atoms with E-state index in [-0.39, 0.29) is 29.4 Å². The van der Waals surface area contributed by atoms with Crippen LogP contribution in [0.1, 0.15) is 42.1 Å². The quantitative estimate of drug-likeness (QED) is 0.306. The topological polar surface area (TPSA) is 77.0 Å². The Labute approximate surface area is 205 Å². The highest BCUT2D eigenvalue weighted by Crippen LogP contribution is 2.40. The fraction of sp³-hybridized carbons (Fsp3) is 0.545. The highest BCUT2D eigenvalue weighted by Gasteiger charge is 2.35. The van der Waals surface area contributed by atoms with Crippen molar-refractivity contribution in [1.29, 1.82) is 0 Å². The van der Waals surface area contributed by atoms with Crippen molar-refractivity contribution in [2.45, 2.75) is 45.1 Å². The molecule has 1 aromatic carbocycles. The van der Waals surface area contributed by atoms with E-state index in [9.17, 15) is 0 Å². The Morgan fingerprint density at radius 2 is 1.97 bits per heavy atom. The number of fused-ring (bicyclic) bond motifs is 1. The zero-order chi connectivity index (χ0) is 20.8. The van der Waals surface area contributed by atoms with Gasteiger partial charge in [-0.25, -0.2) is 9.98 Å². The maximum atomic E-state index is 5.67. The molecular formula is C22H31IN4O3S. The predicted octanol–water partition coefficient (Wildman–Crippen LogP) is 3.86. The van der Waals surface area contributed by atoms with E-state index in [0.717, 1.165) is 68.0 Å². The molecule has 1 saturated heterocycles. The van der Waals surface area contributed by atoms with Crippen molar-refractivity contribution in [3.8, 4) is 11.5 Å². The lowest BCUT2D eigenvalue weighted by Gasteiger charge is -2.38. The molecule has 1 fully saturated rings. The molecule has 0 bridgehead atoms. The van der Waals surface area contributed by atoms with E-state index in [1.165, 1.54) is 10.4 Å². The molecule has 2 aliphatic rings. The van der Waals surface area contributed by atoms with Gasteiger partial charge >= 0.3 is 0 Å². The molecule has 0 unspecified atom stereocenters. The van der Waals surface area contributed by atoms with Gasteiger partial charge in [0.2, 0.25) is 6.79 Å². The van der Waals surface area contributed by atoms with Crippen LogP contribution < -0.4 is 20.1 Å². The smallest absolute Gasteiger partial charge is 0.231 e. The van der Waals surface area contributed by atoms with Crippen LogP contribution in [0.25, 0.3) is 0 Å². The molecule has 2 N–H and O–H groups in total. The number of thiazole rings is 1. The van der Waals surface area contributed by atoms with Crippen molar-refractivity contribution in [2.24, 2.45) is 4.99 Å². The lowest BCUT2D eigenvalue weighted by atomic mass is 9.74.